The van der Waals surface area contributed by atoms with Crippen LogP contribution in [-0.4, -0.2) is 40.0 Å². The Morgan fingerprint density at radius 2 is 1.80 bits per heavy atom. The average molecular weight is 202 g/mol. The van der Waals surface area contributed by atoms with Gasteiger partial charge in [-0.3, -0.25) is 0 Å². The molecule has 0 saturated heterocycles. The predicted octanol–water partition coefficient (Wildman–Crippen LogP) is 1.89. The molecule has 0 N–H and O–H groups in total. The van der Waals surface area contributed by atoms with Gasteiger partial charge in [0.15, 0.2) is 0 Å². The third-order valence-electron chi connectivity index (χ3n) is 1.80. The normalized spacial score (nSPS) is 10.8. The molecule has 2 radical (unpaired) electrons. The molecular formula is C8H19GeN. The molecular weight excluding hydrogens is 183 g/mol. The van der Waals surface area contributed by atoms with E-state index in [9.17, 15) is 0 Å². The van der Waals surface area contributed by atoms with Crippen LogP contribution in [0.15, 0.2) is 0 Å². The molecule has 0 aromatic carbocycles. The Hall–Kier alpha value is 0.503. The van der Waals surface area contributed by atoms with Crippen molar-refractivity contribution in [2.45, 2.75) is 31.3 Å². The zero-order valence-corrected chi connectivity index (χ0v) is 9.58. The summed E-state index contributed by atoms with van der Waals surface area (Å²) in [6, 6.07) is 0. The monoisotopic (exact) mass is 203 g/mol. The van der Waals surface area contributed by atoms with Crippen molar-refractivity contribution in [3.05, 3.63) is 0 Å². The molecule has 0 amide bonds. The van der Waals surface area contributed by atoms with Crippen LogP contribution in [0.3, 0.4) is 0 Å². The van der Waals surface area contributed by atoms with Crippen molar-refractivity contribution in [1.29, 1.82) is 0 Å². The van der Waals surface area contributed by atoms with E-state index in [0.29, 0.717) is 15.4 Å². The van der Waals surface area contributed by atoms with Gasteiger partial charge in [0.05, 0.1) is 0 Å². The molecule has 0 spiro atoms. The summed E-state index contributed by atoms with van der Waals surface area (Å²) in [4.78, 5) is 2.50. The maximum atomic E-state index is 2.50. The van der Waals surface area contributed by atoms with Gasteiger partial charge in [-0.2, -0.15) is 0 Å². The molecule has 0 heterocycles. The zero-order valence-electron chi connectivity index (χ0n) is 7.48. The Bertz CT molecular complexity index is 62.3. The zero-order chi connectivity index (χ0) is 7.82. The van der Waals surface area contributed by atoms with E-state index in [1.54, 1.807) is 0 Å². The van der Waals surface area contributed by atoms with E-state index in [-0.39, 0.29) is 0 Å². The van der Waals surface area contributed by atoms with Crippen molar-refractivity contribution in [1.82, 2.24) is 4.90 Å². The van der Waals surface area contributed by atoms with Crippen molar-refractivity contribution in [2.24, 2.45) is 0 Å². The Labute approximate surface area is 71.7 Å². The van der Waals surface area contributed by atoms with E-state index >= 15 is 0 Å². The fraction of sp³-hybridized carbons (Fsp3) is 1.00. The van der Waals surface area contributed by atoms with Crippen LogP contribution in [-0.2, 0) is 0 Å². The summed E-state index contributed by atoms with van der Waals surface area (Å²) in [6.07, 6.45) is 1.43. The standard InChI is InChI=1S/C8H19GeN/c1-4-10(5-2)8-6-7-9-3/h4-8H2,1-3H3. The summed E-state index contributed by atoms with van der Waals surface area (Å²) < 4.78 is 0. The molecule has 0 aliphatic rings. The third-order valence-corrected chi connectivity index (χ3v) is 3.59. The SMILES string of the molecule is CCN(CC)CC[CH2][Ge][CH3]. The van der Waals surface area contributed by atoms with Gasteiger partial charge in [-0.05, 0) is 0 Å². The summed E-state index contributed by atoms with van der Waals surface area (Å²) in [5.74, 6) is 2.38. The van der Waals surface area contributed by atoms with Gasteiger partial charge >= 0.3 is 71.2 Å². The van der Waals surface area contributed by atoms with Gasteiger partial charge in [0, 0.05) is 0 Å². The molecule has 0 fully saturated rings. The average Bonchev–Trinajstić information content (AvgIpc) is 1.99. The fourth-order valence-corrected chi connectivity index (χ4v) is 2.09. The minimum atomic E-state index is 0.430. The number of rotatable bonds is 6. The first-order valence-corrected chi connectivity index (χ1v) is 7.80. The number of hydrogen-bond acceptors (Lipinski definition) is 1. The summed E-state index contributed by atoms with van der Waals surface area (Å²) in [5.41, 5.74) is 0. The second kappa shape index (κ2) is 7.61. The first kappa shape index (κ1) is 10.5. The van der Waals surface area contributed by atoms with Crippen molar-refractivity contribution in [3.8, 4) is 0 Å². The molecule has 2 heteroatoms. The van der Waals surface area contributed by atoms with Crippen LogP contribution in [0.5, 0.6) is 0 Å². The van der Waals surface area contributed by atoms with Crippen molar-refractivity contribution in [3.63, 3.8) is 0 Å². The van der Waals surface area contributed by atoms with Gasteiger partial charge in [-0.1, -0.05) is 0 Å². The molecule has 0 rings (SSSR count). The van der Waals surface area contributed by atoms with Crippen LogP contribution in [0.4, 0.5) is 0 Å². The summed E-state index contributed by atoms with van der Waals surface area (Å²) in [6.45, 7) is 8.25. The molecule has 10 heavy (non-hydrogen) atoms. The van der Waals surface area contributed by atoms with Crippen molar-refractivity contribution < 1.29 is 0 Å². The van der Waals surface area contributed by atoms with Crippen LogP contribution < -0.4 is 0 Å². The minimum absolute atomic E-state index is 0.430. The predicted molar refractivity (Wildman–Crippen MR) is 48.8 cm³/mol. The van der Waals surface area contributed by atoms with Gasteiger partial charge in [0.25, 0.3) is 0 Å². The third kappa shape index (κ3) is 5.30. The topological polar surface area (TPSA) is 3.24 Å². The summed E-state index contributed by atoms with van der Waals surface area (Å²) >= 11 is 0.430. The second-order valence-corrected chi connectivity index (χ2v) is 5.02. The van der Waals surface area contributed by atoms with Crippen LogP contribution in [0, 0.1) is 0 Å². The number of nitrogens with zero attached hydrogens (tertiary/aromatic N) is 1. The Morgan fingerprint density at radius 1 is 1.20 bits per heavy atom. The molecule has 0 aromatic rings. The van der Waals surface area contributed by atoms with Crippen LogP contribution in [0.1, 0.15) is 20.3 Å². The van der Waals surface area contributed by atoms with E-state index < -0.39 is 0 Å². The molecule has 0 aromatic heterocycles. The molecule has 0 aliphatic heterocycles. The molecule has 0 unspecified atom stereocenters. The Morgan fingerprint density at radius 3 is 2.20 bits per heavy atom. The first-order chi connectivity index (χ1) is 4.85. The van der Waals surface area contributed by atoms with E-state index in [0.717, 1.165) is 0 Å². The molecule has 0 bridgehead atoms. The molecule has 0 aliphatic carbocycles. The van der Waals surface area contributed by atoms with Gasteiger partial charge in [0.1, 0.15) is 0 Å². The van der Waals surface area contributed by atoms with Crippen molar-refractivity contribution in [2.75, 3.05) is 19.6 Å². The maximum absolute atomic E-state index is 2.50. The first-order valence-electron chi connectivity index (χ1n) is 4.22. The van der Waals surface area contributed by atoms with Crippen LogP contribution in [0.2, 0.25) is 11.0 Å². The quantitative estimate of drug-likeness (QED) is 0.469. The second-order valence-electron chi connectivity index (χ2n) is 2.48. The van der Waals surface area contributed by atoms with E-state index in [2.05, 4.69) is 24.5 Å². The van der Waals surface area contributed by atoms with E-state index in [1.165, 1.54) is 31.3 Å². The molecule has 0 atom stereocenters. The van der Waals surface area contributed by atoms with Crippen molar-refractivity contribution >= 4 is 15.4 Å². The van der Waals surface area contributed by atoms with Gasteiger partial charge in [-0.15, -0.1) is 0 Å². The summed E-state index contributed by atoms with van der Waals surface area (Å²) in [7, 11) is 0. The van der Waals surface area contributed by atoms with E-state index in [4.69, 9.17) is 0 Å². The van der Waals surface area contributed by atoms with E-state index in [1.807, 2.05) is 0 Å². The fourth-order valence-electron chi connectivity index (χ4n) is 1.02. The summed E-state index contributed by atoms with van der Waals surface area (Å²) in [5, 5.41) is 1.51. The Kier molecular flexibility index (Phi) is 7.99. The molecule has 1 nitrogen and oxygen atoms in total. The van der Waals surface area contributed by atoms with Gasteiger partial charge in [0.2, 0.25) is 0 Å². The van der Waals surface area contributed by atoms with Gasteiger partial charge in [-0.25, -0.2) is 0 Å². The van der Waals surface area contributed by atoms with Crippen LogP contribution in [0.25, 0.3) is 0 Å². The number of hydrogen-bond donors (Lipinski definition) is 0. The Balaban J connectivity index is 3.09. The van der Waals surface area contributed by atoms with Gasteiger partial charge < -0.3 is 0 Å². The van der Waals surface area contributed by atoms with Crippen LogP contribution >= 0.6 is 0 Å². The molecule has 0 saturated carbocycles. The molecule has 60 valence electrons.